The minimum absolute atomic E-state index is 0.0807. The Labute approximate surface area is 182 Å². The van der Waals surface area contributed by atoms with Crippen LogP contribution in [0.2, 0.25) is 0 Å². The van der Waals surface area contributed by atoms with Crippen LogP contribution in [0.4, 0.5) is 5.69 Å². The molecule has 2 heterocycles. The maximum absolute atomic E-state index is 13.0. The number of carbonyl (C=O) groups excluding carboxylic acids is 2. The maximum atomic E-state index is 13.0. The minimum atomic E-state index is -0.742. The number of methoxy groups -OCH3 is 1. The van der Waals surface area contributed by atoms with E-state index in [9.17, 15) is 9.59 Å². The predicted molar refractivity (Wildman–Crippen MR) is 118 cm³/mol. The summed E-state index contributed by atoms with van der Waals surface area (Å²) in [5, 5.41) is 3.07. The van der Waals surface area contributed by atoms with Crippen LogP contribution in [0.3, 0.4) is 0 Å². The summed E-state index contributed by atoms with van der Waals surface area (Å²) >= 11 is 0. The Balaban J connectivity index is 1.47. The molecule has 2 aromatic carbocycles. The van der Waals surface area contributed by atoms with Crippen LogP contribution >= 0.6 is 0 Å². The Morgan fingerprint density at radius 3 is 2.52 bits per heavy atom. The zero-order valence-corrected chi connectivity index (χ0v) is 18.0. The zero-order chi connectivity index (χ0) is 21.8. The fraction of sp³-hybridized carbons (Fsp3) is 0.417. The second-order valence-corrected chi connectivity index (χ2v) is 7.98. The number of nitrogens with one attached hydrogen (secondary N) is 1. The van der Waals surface area contributed by atoms with E-state index in [1.54, 1.807) is 18.1 Å². The van der Waals surface area contributed by atoms with Gasteiger partial charge in [0.15, 0.2) is 6.10 Å². The summed E-state index contributed by atoms with van der Waals surface area (Å²) < 4.78 is 11.2. The van der Waals surface area contributed by atoms with Gasteiger partial charge in [-0.15, -0.1) is 0 Å². The monoisotopic (exact) mass is 423 g/mol. The van der Waals surface area contributed by atoms with Gasteiger partial charge in [0, 0.05) is 13.5 Å². The number of ether oxygens (including phenoxy) is 2. The van der Waals surface area contributed by atoms with Gasteiger partial charge in [0.25, 0.3) is 5.91 Å². The molecule has 7 heteroatoms. The molecule has 2 atom stereocenters. The second-order valence-electron chi connectivity index (χ2n) is 7.98. The van der Waals surface area contributed by atoms with Crippen LogP contribution in [0.15, 0.2) is 48.5 Å². The molecule has 0 spiro atoms. The SMILES string of the molecule is COc1ccc([C@H](CNC(=O)[C@H]2CN(C(C)=O)c3ccccc3O2)N2CCCC2)cc1. The van der Waals surface area contributed by atoms with Gasteiger partial charge < -0.3 is 19.7 Å². The molecule has 4 rings (SSSR count). The van der Waals surface area contributed by atoms with Gasteiger partial charge in [0.1, 0.15) is 11.5 Å². The van der Waals surface area contributed by atoms with Gasteiger partial charge in [-0.05, 0) is 55.8 Å². The third-order valence-electron chi connectivity index (χ3n) is 6.00. The normalized spacial score (nSPS) is 19.3. The van der Waals surface area contributed by atoms with E-state index in [1.165, 1.54) is 6.92 Å². The summed E-state index contributed by atoms with van der Waals surface area (Å²) in [4.78, 5) is 29.1. The van der Waals surface area contributed by atoms with Crippen LogP contribution in [-0.2, 0) is 9.59 Å². The smallest absolute Gasteiger partial charge is 0.263 e. The van der Waals surface area contributed by atoms with Crippen molar-refractivity contribution < 1.29 is 19.1 Å². The molecule has 2 aliphatic heterocycles. The largest absolute Gasteiger partial charge is 0.497 e. The van der Waals surface area contributed by atoms with Gasteiger partial charge >= 0.3 is 0 Å². The van der Waals surface area contributed by atoms with Gasteiger partial charge in [-0.25, -0.2) is 0 Å². The van der Waals surface area contributed by atoms with Crippen LogP contribution in [0, 0.1) is 0 Å². The highest BCUT2D eigenvalue weighted by Gasteiger charge is 2.33. The number of rotatable bonds is 6. The van der Waals surface area contributed by atoms with Crippen LogP contribution in [0.25, 0.3) is 0 Å². The molecule has 1 saturated heterocycles. The molecule has 164 valence electrons. The van der Waals surface area contributed by atoms with Crippen LogP contribution in [-0.4, -0.2) is 56.1 Å². The van der Waals surface area contributed by atoms with Crippen molar-refractivity contribution in [2.75, 3.05) is 38.2 Å². The Kier molecular flexibility index (Phi) is 6.42. The molecule has 0 radical (unpaired) electrons. The highest BCUT2D eigenvalue weighted by atomic mass is 16.5. The van der Waals surface area contributed by atoms with Crippen LogP contribution < -0.4 is 19.7 Å². The lowest BCUT2D eigenvalue weighted by Crippen LogP contribution is -2.51. The standard InChI is InChI=1S/C24H29N3O4/c1-17(28)27-16-23(31-22-8-4-3-7-20(22)27)24(29)25-15-21(26-13-5-6-14-26)18-9-11-19(30-2)12-10-18/h3-4,7-12,21,23H,5-6,13-16H2,1-2H3,(H,25,29)/t21-,23+/m0/s1. The molecule has 2 aromatic rings. The van der Waals surface area contributed by atoms with Crippen molar-refractivity contribution in [3.8, 4) is 11.5 Å². The predicted octanol–water partition coefficient (Wildman–Crippen LogP) is 2.76. The van der Waals surface area contributed by atoms with Crippen molar-refractivity contribution in [3.05, 3.63) is 54.1 Å². The summed E-state index contributed by atoms with van der Waals surface area (Å²) in [6.07, 6.45) is 1.59. The van der Waals surface area contributed by atoms with Gasteiger partial charge in [-0.1, -0.05) is 24.3 Å². The number of hydrogen-bond acceptors (Lipinski definition) is 5. The molecule has 2 aliphatic rings. The van der Waals surface area contributed by atoms with Crippen LogP contribution in [0.5, 0.6) is 11.5 Å². The first-order valence-corrected chi connectivity index (χ1v) is 10.8. The molecule has 0 bridgehead atoms. The Morgan fingerprint density at radius 2 is 1.84 bits per heavy atom. The van der Waals surface area contributed by atoms with Crippen molar-refractivity contribution in [3.63, 3.8) is 0 Å². The van der Waals surface area contributed by atoms with E-state index in [2.05, 4.69) is 22.3 Å². The van der Waals surface area contributed by atoms with Gasteiger partial charge in [-0.3, -0.25) is 14.5 Å². The summed E-state index contributed by atoms with van der Waals surface area (Å²) in [5.74, 6) is 1.04. The molecule has 0 unspecified atom stereocenters. The van der Waals surface area contributed by atoms with Gasteiger partial charge in [-0.2, -0.15) is 0 Å². The fourth-order valence-electron chi connectivity index (χ4n) is 4.32. The van der Waals surface area contributed by atoms with E-state index in [0.717, 1.165) is 37.2 Å². The summed E-state index contributed by atoms with van der Waals surface area (Å²) in [6, 6.07) is 15.4. The lowest BCUT2D eigenvalue weighted by molar-refractivity contribution is -0.128. The number of nitrogens with zero attached hydrogens (tertiary/aromatic N) is 2. The second kappa shape index (κ2) is 9.39. The molecule has 0 aromatic heterocycles. The number of fused-ring (bicyclic) bond motifs is 1. The summed E-state index contributed by atoms with van der Waals surface area (Å²) in [6.45, 7) is 4.21. The molecule has 1 fully saturated rings. The number of hydrogen-bond donors (Lipinski definition) is 1. The lowest BCUT2D eigenvalue weighted by atomic mass is 10.0. The number of para-hydroxylation sites is 2. The highest BCUT2D eigenvalue weighted by molar-refractivity contribution is 5.95. The van der Waals surface area contributed by atoms with E-state index in [1.807, 2.05) is 30.3 Å². The van der Waals surface area contributed by atoms with Crippen molar-refractivity contribution in [1.82, 2.24) is 10.2 Å². The average molecular weight is 424 g/mol. The van der Waals surface area contributed by atoms with E-state index in [-0.39, 0.29) is 24.4 Å². The van der Waals surface area contributed by atoms with Crippen molar-refractivity contribution in [2.24, 2.45) is 0 Å². The quantitative estimate of drug-likeness (QED) is 0.774. The third-order valence-corrected chi connectivity index (χ3v) is 6.00. The topological polar surface area (TPSA) is 71.1 Å². The molecule has 2 amide bonds. The van der Waals surface area contributed by atoms with Crippen LogP contribution in [0.1, 0.15) is 31.4 Å². The molecule has 0 aliphatic carbocycles. The summed E-state index contributed by atoms with van der Waals surface area (Å²) in [7, 11) is 1.65. The lowest BCUT2D eigenvalue weighted by Gasteiger charge is -2.34. The zero-order valence-electron chi connectivity index (χ0n) is 18.0. The molecular weight excluding hydrogens is 394 g/mol. The molecule has 7 nitrogen and oxygen atoms in total. The minimum Gasteiger partial charge on any atom is -0.497 e. The third kappa shape index (κ3) is 4.66. The maximum Gasteiger partial charge on any atom is 0.263 e. The Bertz CT molecular complexity index is 925. The van der Waals surface area contributed by atoms with E-state index in [0.29, 0.717) is 18.0 Å². The van der Waals surface area contributed by atoms with Gasteiger partial charge in [0.05, 0.1) is 25.4 Å². The molecule has 31 heavy (non-hydrogen) atoms. The molecule has 0 saturated carbocycles. The number of anilines is 1. The number of benzene rings is 2. The Hall–Kier alpha value is -3.06. The van der Waals surface area contributed by atoms with E-state index in [4.69, 9.17) is 9.47 Å². The number of likely N-dealkylation sites (tertiary alicyclic amines) is 1. The highest BCUT2D eigenvalue weighted by Crippen LogP contribution is 2.33. The number of amides is 2. The van der Waals surface area contributed by atoms with E-state index >= 15 is 0 Å². The van der Waals surface area contributed by atoms with Crippen molar-refractivity contribution >= 4 is 17.5 Å². The Morgan fingerprint density at radius 1 is 1.13 bits per heavy atom. The first-order valence-electron chi connectivity index (χ1n) is 10.8. The fourth-order valence-corrected chi connectivity index (χ4v) is 4.32. The van der Waals surface area contributed by atoms with Gasteiger partial charge in [0.2, 0.25) is 5.91 Å². The van der Waals surface area contributed by atoms with E-state index < -0.39 is 6.10 Å². The molecule has 1 N–H and O–H groups in total. The van der Waals surface area contributed by atoms with Crippen molar-refractivity contribution in [1.29, 1.82) is 0 Å². The molecular formula is C24H29N3O4. The first-order chi connectivity index (χ1) is 15.1. The number of carbonyl (C=O) groups is 2. The first kappa shape index (κ1) is 21.2. The van der Waals surface area contributed by atoms with Crippen molar-refractivity contribution in [2.45, 2.75) is 31.9 Å². The summed E-state index contributed by atoms with van der Waals surface area (Å²) in [5.41, 5.74) is 1.84. The average Bonchev–Trinajstić information content (AvgIpc) is 3.33.